The lowest BCUT2D eigenvalue weighted by atomic mass is 10.4. The molecule has 0 atom stereocenters. The monoisotopic (exact) mass is 232 g/mol. The first-order valence-electron chi connectivity index (χ1n) is 5.76. The van der Waals surface area contributed by atoms with Crippen LogP contribution in [0, 0.1) is 0 Å². The third-order valence-corrected chi connectivity index (χ3v) is 8.42. The van der Waals surface area contributed by atoms with Crippen LogP contribution in [0.25, 0.3) is 0 Å². The number of ether oxygens (including phenoxy) is 3. The quantitative estimate of drug-likeness (QED) is 0.628. The molecule has 3 nitrogen and oxygen atoms in total. The van der Waals surface area contributed by atoms with Crippen molar-refractivity contribution < 1.29 is 14.2 Å². The van der Waals surface area contributed by atoms with Gasteiger partial charge in [-0.1, -0.05) is 25.7 Å². The van der Waals surface area contributed by atoms with Crippen LogP contribution in [0.5, 0.6) is 0 Å². The van der Waals surface area contributed by atoms with Gasteiger partial charge in [0, 0.05) is 40.0 Å². The molecule has 0 spiro atoms. The summed E-state index contributed by atoms with van der Waals surface area (Å²) < 4.78 is 16.3. The molecular formula is C11H24O3Si. The second kappa shape index (κ2) is 6.63. The van der Waals surface area contributed by atoms with E-state index in [0.717, 1.165) is 24.2 Å². The fourth-order valence-corrected chi connectivity index (χ4v) is 7.19. The Morgan fingerprint density at radius 1 is 0.867 bits per heavy atom. The minimum atomic E-state index is -1.53. The second-order valence-electron chi connectivity index (χ2n) is 4.64. The zero-order chi connectivity index (χ0) is 11.1. The molecule has 1 fully saturated rings. The third-order valence-electron chi connectivity index (χ3n) is 3.52. The topological polar surface area (TPSA) is 27.7 Å². The van der Waals surface area contributed by atoms with Crippen LogP contribution in [0.1, 0.15) is 25.7 Å². The van der Waals surface area contributed by atoms with Gasteiger partial charge in [-0.25, -0.2) is 0 Å². The van der Waals surface area contributed by atoms with Gasteiger partial charge >= 0.3 is 0 Å². The first-order valence-corrected chi connectivity index (χ1v) is 8.46. The van der Waals surface area contributed by atoms with E-state index >= 15 is 0 Å². The molecule has 0 bridgehead atoms. The van der Waals surface area contributed by atoms with E-state index in [1.807, 2.05) is 0 Å². The molecule has 1 rings (SSSR count). The summed E-state index contributed by atoms with van der Waals surface area (Å²) in [7, 11) is 3.85. The minimum Gasteiger partial charge on any atom is -0.388 e. The Morgan fingerprint density at radius 2 is 1.27 bits per heavy atom. The van der Waals surface area contributed by atoms with Gasteiger partial charge in [-0.05, 0) is 5.54 Å². The summed E-state index contributed by atoms with van der Waals surface area (Å²) in [6.45, 7) is 0. The smallest absolute Gasteiger partial charge is 0.143 e. The van der Waals surface area contributed by atoms with E-state index in [-0.39, 0.29) is 0 Å². The Balaban J connectivity index is 2.68. The molecule has 15 heavy (non-hydrogen) atoms. The maximum Gasteiger partial charge on any atom is 0.143 e. The summed E-state index contributed by atoms with van der Waals surface area (Å²) in [5.74, 6) is 0. The predicted octanol–water partition coefficient (Wildman–Crippen LogP) is 1.94. The van der Waals surface area contributed by atoms with E-state index in [1.165, 1.54) is 25.7 Å². The van der Waals surface area contributed by atoms with Crippen molar-refractivity contribution in [1.82, 2.24) is 0 Å². The summed E-state index contributed by atoms with van der Waals surface area (Å²) in [6.07, 6.45) is 8.07. The number of hydrogen-bond acceptors (Lipinski definition) is 3. The summed E-state index contributed by atoms with van der Waals surface area (Å²) in [4.78, 5) is 0. The fourth-order valence-electron chi connectivity index (χ4n) is 2.88. The van der Waals surface area contributed by atoms with E-state index in [9.17, 15) is 0 Å². The van der Waals surface area contributed by atoms with Gasteiger partial charge in [-0.3, -0.25) is 0 Å². The molecular weight excluding hydrogens is 208 g/mol. The highest BCUT2D eigenvalue weighted by Gasteiger charge is 2.43. The van der Waals surface area contributed by atoms with E-state index in [2.05, 4.69) is 0 Å². The van der Waals surface area contributed by atoms with Crippen molar-refractivity contribution in [3.63, 3.8) is 0 Å². The van der Waals surface area contributed by atoms with Crippen LogP contribution in [-0.2, 0) is 14.2 Å². The summed E-state index contributed by atoms with van der Waals surface area (Å²) in [5, 5.41) is 0. The van der Waals surface area contributed by atoms with Gasteiger partial charge < -0.3 is 14.2 Å². The standard InChI is InChI=1S/C11H24O3Si/c1-12-8-15(9-13-2,10-14-3)11-6-4-5-7-11/h11H,4-10H2,1-3H3. The van der Waals surface area contributed by atoms with Crippen LogP contribution >= 0.6 is 0 Å². The van der Waals surface area contributed by atoms with Gasteiger partial charge in [-0.2, -0.15) is 0 Å². The zero-order valence-corrected chi connectivity index (χ0v) is 11.3. The van der Waals surface area contributed by atoms with E-state index < -0.39 is 8.07 Å². The molecule has 0 amide bonds. The second-order valence-corrected chi connectivity index (χ2v) is 9.05. The van der Waals surface area contributed by atoms with Gasteiger partial charge in [0.2, 0.25) is 0 Å². The van der Waals surface area contributed by atoms with E-state index in [0.29, 0.717) is 0 Å². The molecule has 1 aliphatic rings. The van der Waals surface area contributed by atoms with E-state index in [1.54, 1.807) is 21.3 Å². The van der Waals surface area contributed by atoms with Crippen LogP contribution in [0.15, 0.2) is 0 Å². The first-order chi connectivity index (χ1) is 7.29. The van der Waals surface area contributed by atoms with Crippen molar-refractivity contribution in [2.24, 2.45) is 0 Å². The molecule has 90 valence electrons. The Hall–Kier alpha value is 0.0969. The van der Waals surface area contributed by atoms with Gasteiger partial charge in [0.05, 0.1) is 0 Å². The molecule has 4 heteroatoms. The van der Waals surface area contributed by atoms with Gasteiger partial charge in [0.25, 0.3) is 0 Å². The molecule has 0 aromatic rings. The molecule has 0 saturated heterocycles. The number of methoxy groups -OCH3 is 3. The Bertz CT molecular complexity index is 152. The Kier molecular flexibility index (Phi) is 5.82. The van der Waals surface area contributed by atoms with Crippen LogP contribution in [0.2, 0.25) is 5.54 Å². The van der Waals surface area contributed by atoms with Crippen molar-refractivity contribution in [2.75, 3.05) is 40.0 Å². The van der Waals surface area contributed by atoms with Gasteiger partial charge in [-0.15, -0.1) is 0 Å². The maximum absolute atomic E-state index is 5.43. The minimum absolute atomic E-state index is 0.831. The average Bonchev–Trinajstić information content (AvgIpc) is 2.72. The molecule has 1 aliphatic carbocycles. The molecule has 0 radical (unpaired) electrons. The van der Waals surface area contributed by atoms with Crippen LogP contribution in [0.3, 0.4) is 0 Å². The number of hydrogen-bond donors (Lipinski definition) is 0. The zero-order valence-electron chi connectivity index (χ0n) is 10.3. The highest BCUT2D eigenvalue weighted by atomic mass is 28.3. The van der Waals surface area contributed by atoms with Gasteiger partial charge in [0.15, 0.2) is 0 Å². The van der Waals surface area contributed by atoms with Crippen molar-refractivity contribution in [3.8, 4) is 0 Å². The van der Waals surface area contributed by atoms with Crippen molar-refractivity contribution in [1.29, 1.82) is 0 Å². The summed E-state index contributed by atoms with van der Waals surface area (Å²) >= 11 is 0. The van der Waals surface area contributed by atoms with Crippen LogP contribution < -0.4 is 0 Å². The van der Waals surface area contributed by atoms with Gasteiger partial charge in [0.1, 0.15) is 8.07 Å². The summed E-state index contributed by atoms with van der Waals surface area (Å²) in [6, 6.07) is 0. The first kappa shape index (κ1) is 13.2. The highest BCUT2D eigenvalue weighted by Crippen LogP contribution is 2.38. The van der Waals surface area contributed by atoms with Crippen molar-refractivity contribution in [2.45, 2.75) is 31.2 Å². The lowest BCUT2D eigenvalue weighted by molar-refractivity contribution is 0.185. The molecule has 0 heterocycles. The summed E-state index contributed by atoms with van der Waals surface area (Å²) in [5.41, 5.74) is 0.831. The molecule has 0 aliphatic heterocycles. The number of rotatable bonds is 7. The molecule has 1 saturated carbocycles. The normalized spacial score (nSPS) is 18.6. The fraction of sp³-hybridized carbons (Fsp3) is 1.00. The highest BCUT2D eigenvalue weighted by molar-refractivity contribution is 6.81. The Morgan fingerprint density at radius 3 is 1.60 bits per heavy atom. The van der Waals surface area contributed by atoms with Crippen LogP contribution in [-0.4, -0.2) is 48.1 Å². The van der Waals surface area contributed by atoms with Crippen molar-refractivity contribution in [3.05, 3.63) is 0 Å². The Labute approximate surface area is 94.1 Å². The molecule has 0 N–H and O–H groups in total. The molecule has 0 aromatic heterocycles. The SMILES string of the molecule is COC[Si](COC)(COC)C1CCCC1. The molecule has 0 unspecified atom stereocenters. The third kappa shape index (κ3) is 3.28. The maximum atomic E-state index is 5.43. The lowest BCUT2D eigenvalue weighted by Crippen LogP contribution is -2.53. The predicted molar refractivity (Wildman–Crippen MR) is 63.6 cm³/mol. The molecule has 0 aromatic carbocycles. The van der Waals surface area contributed by atoms with Crippen molar-refractivity contribution >= 4 is 8.07 Å². The van der Waals surface area contributed by atoms with Crippen LogP contribution in [0.4, 0.5) is 0 Å². The lowest BCUT2D eigenvalue weighted by Gasteiger charge is -2.35. The average molecular weight is 232 g/mol. The largest absolute Gasteiger partial charge is 0.388 e. The van der Waals surface area contributed by atoms with E-state index in [4.69, 9.17) is 14.2 Å².